The summed E-state index contributed by atoms with van der Waals surface area (Å²) in [4.78, 5) is 26.6. The molecule has 2 aromatic carbocycles. The molecule has 1 heterocycles. The fourth-order valence-corrected chi connectivity index (χ4v) is 2.65. The van der Waals surface area contributed by atoms with Crippen LogP contribution >= 0.6 is 11.8 Å². The third-order valence-electron chi connectivity index (χ3n) is 2.98. The van der Waals surface area contributed by atoms with Crippen LogP contribution in [0.25, 0.3) is 11.1 Å². The molecule has 0 spiro atoms. The van der Waals surface area contributed by atoms with Crippen molar-refractivity contribution in [1.82, 2.24) is 4.98 Å². The molecule has 22 heavy (non-hydrogen) atoms. The van der Waals surface area contributed by atoms with E-state index in [2.05, 4.69) is 4.98 Å². The standard InChI is InChI=1S/C15H10N2O4S/c18-13(10-4-3-5-11(8-10)17(19)20)9-22-15-16-12-6-1-2-7-14(12)21-15/h1-8H,9H2. The number of rotatable bonds is 5. The van der Waals surface area contributed by atoms with Crippen molar-refractivity contribution in [2.24, 2.45) is 0 Å². The fourth-order valence-electron chi connectivity index (χ4n) is 1.92. The average Bonchev–Trinajstić information content (AvgIpc) is 2.95. The number of carbonyl (C=O) groups excluding carboxylic acids is 1. The summed E-state index contributed by atoms with van der Waals surface area (Å²) in [6.07, 6.45) is 0. The molecule has 0 aliphatic rings. The number of nitro groups is 1. The zero-order valence-electron chi connectivity index (χ0n) is 11.3. The first-order chi connectivity index (χ1) is 10.6. The smallest absolute Gasteiger partial charge is 0.270 e. The van der Waals surface area contributed by atoms with Gasteiger partial charge in [-0.2, -0.15) is 0 Å². The zero-order valence-corrected chi connectivity index (χ0v) is 12.1. The third kappa shape index (κ3) is 2.99. The maximum absolute atomic E-state index is 12.1. The number of carbonyl (C=O) groups is 1. The molecule has 0 N–H and O–H groups in total. The number of Topliss-reactive ketones (excluding diaryl/α,β-unsaturated/α-hetero) is 1. The molecule has 0 saturated carbocycles. The van der Waals surface area contributed by atoms with Gasteiger partial charge >= 0.3 is 0 Å². The minimum atomic E-state index is -0.523. The second-order valence-electron chi connectivity index (χ2n) is 4.47. The molecular weight excluding hydrogens is 304 g/mol. The Bertz CT molecular complexity index is 826. The quantitative estimate of drug-likeness (QED) is 0.309. The Morgan fingerprint density at radius 2 is 2.05 bits per heavy atom. The number of benzene rings is 2. The maximum atomic E-state index is 12.1. The molecule has 0 aliphatic carbocycles. The Kier molecular flexibility index (Phi) is 3.88. The van der Waals surface area contributed by atoms with Crippen molar-refractivity contribution in [3.05, 3.63) is 64.2 Å². The van der Waals surface area contributed by atoms with E-state index in [1.54, 1.807) is 12.1 Å². The highest BCUT2D eigenvalue weighted by Crippen LogP contribution is 2.24. The lowest BCUT2D eigenvalue weighted by Crippen LogP contribution is -2.03. The van der Waals surface area contributed by atoms with Gasteiger partial charge in [-0.05, 0) is 12.1 Å². The minimum Gasteiger partial charge on any atom is -0.431 e. The van der Waals surface area contributed by atoms with Crippen LogP contribution in [0, 0.1) is 10.1 Å². The molecule has 0 unspecified atom stereocenters. The number of nitrogens with zero attached hydrogens (tertiary/aromatic N) is 2. The van der Waals surface area contributed by atoms with Crippen LogP contribution in [-0.4, -0.2) is 21.4 Å². The molecular formula is C15H10N2O4S. The first-order valence-electron chi connectivity index (χ1n) is 6.39. The highest BCUT2D eigenvalue weighted by atomic mass is 32.2. The van der Waals surface area contributed by atoms with E-state index in [9.17, 15) is 14.9 Å². The van der Waals surface area contributed by atoms with Crippen LogP contribution in [-0.2, 0) is 0 Å². The highest BCUT2D eigenvalue weighted by Gasteiger charge is 2.13. The summed E-state index contributed by atoms with van der Waals surface area (Å²) in [5, 5.41) is 11.1. The van der Waals surface area contributed by atoms with Gasteiger partial charge in [-0.25, -0.2) is 4.98 Å². The van der Waals surface area contributed by atoms with Crippen molar-refractivity contribution in [1.29, 1.82) is 0 Å². The van der Waals surface area contributed by atoms with E-state index in [0.717, 1.165) is 5.52 Å². The number of hydrogen-bond acceptors (Lipinski definition) is 6. The number of non-ortho nitro benzene ring substituents is 1. The number of nitro benzene ring substituents is 1. The van der Waals surface area contributed by atoms with E-state index in [-0.39, 0.29) is 17.2 Å². The average molecular weight is 314 g/mol. The van der Waals surface area contributed by atoms with Gasteiger partial charge < -0.3 is 4.42 Å². The topological polar surface area (TPSA) is 86.2 Å². The summed E-state index contributed by atoms with van der Waals surface area (Å²) in [7, 11) is 0. The van der Waals surface area contributed by atoms with E-state index in [1.807, 2.05) is 18.2 Å². The van der Waals surface area contributed by atoms with Crippen LogP contribution in [0.2, 0.25) is 0 Å². The summed E-state index contributed by atoms with van der Waals surface area (Å²) in [6, 6.07) is 13.0. The van der Waals surface area contributed by atoms with Crippen molar-refractivity contribution in [2.45, 2.75) is 5.22 Å². The molecule has 0 radical (unpaired) electrons. The molecule has 7 heteroatoms. The number of oxazole rings is 1. The lowest BCUT2D eigenvalue weighted by molar-refractivity contribution is -0.384. The molecule has 3 aromatic rings. The number of aromatic nitrogens is 1. The normalized spacial score (nSPS) is 10.7. The summed E-state index contributed by atoms with van der Waals surface area (Å²) < 4.78 is 5.51. The number of hydrogen-bond donors (Lipinski definition) is 0. The van der Waals surface area contributed by atoms with E-state index in [1.165, 1.54) is 30.0 Å². The van der Waals surface area contributed by atoms with E-state index in [0.29, 0.717) is 16.4 Å². The number of para-hydroxylation sites is 2. The molecule has 0 fully saturated rings. The fraction of sp³-hybridized carbons (Fsp3) is 0.0667. The lowest BCUT2D eigenvalue weighted by atomic mass is 10.1. The Hall–Kier alpha value is -2.67. The highest BCUT2D eigenvalue weighted by molar-refractivity contribution is 7.99. The van der Waals surface area contributed by atoms with Crippen molar-refractivity contribution in [3.8, 4) is 0 Å². The van der Waals surface area contributed by atoms with Gasteiger partial charge in [-0.3, -0.25) is 14.9 Å². The summed E-state index contributed by atoms with van der Waals surface area (Å²) in [5.74, 6) is -0.107. The molecule has 0 bridgehead atoms. The van der Waals surface area contributed by atoms with Gasteiger partial charge in [0.2, 0.25) is 0 Å². The van der Waals surface area contributed by atoms with E-state index < -0.39 is 4.92 Å². The Morgan fingerprint density at radius 3 is 2.82 bits per heavy atom. The van der Waals surface area contributed by atoms with Crippen molar-refractivity contribution in [2.75, 3.05) is 5.75 Å². The minimum absolute atomic E-state index is 0.0993. The summed E-state index contributed by atoms with van der Waals surface area (Å²) in [5.41, 5.74) is 1.59. The zero-order chi connectivity index (χ0) is 15.5. The SMILES string of the molecule is O=C(CSc1nc2ccccc2o1)c1cccc([N+](=O)[O-])c1. The Morgan fingerprint density at radius 1 is 1.23 bits per heavy atom. The van der Waals surface area contributed by atoms with Crippen LogP contribution < -0.4 is 0 Å². The molecule has 0 saturated heterocycles. The van der Waals surface area contributed by atoms with Crippen LogP contribution in [0.1, 0.15) is 10.4 Å². The third-order valence-corrected chi connectivity index (χ3v) is 3.81. The van der Waals surface area contributed by atoms with Crippen molar-refractivity contribution in [3.63, 3.8) is 0 Å². The van der Waals surface area contributed by atoms with Gasteiger partial charge in [0.25, 0.3) is 10.9 Å². The van der Waals surface area contributed by atoms with Crippen LogP contribution in [0.3, 0.4) is 0 Å². The van der Waals surface area contributed by atoms with Gasteiger partial charge in [0.05, 0.1) is 10.7 Å². The molecule has 1 aromatic heterocycles. The first kappa shape index (κ1) is 14.3. The Labute approximate surface area is 129 Å². The van der Waals surface area contributed by atoms with E-state index >= 15 is 0 Å². The largest absolute Gasteiger partial charge is 0.431 e. The van der Waals surface area contributed by atoms with Gasteiger partial charge in [0.1, 0.15) is 5.52 Å². The summed E-state index contributed by atoms with van der Waals surface area (Å²) >= 11 is 1.17. The second-order valence-corrected chi connectivity index (χ2v) is 5.39. The second kappa shape index (κ2) is 5.98. The lowest BCUT2D eigenvalue weighted by Gasteiger charge is -1.99. The van der Waals surface area contributed by atoms with Crippen LogP contribution in [0.5, 0.6) is 0 Å². The molecule has 0 aliphatic heterocycles. The van der Waals surface area contributed by atoms with E-state index in [4.69, 9.17) is 4.42 Å². The molecule has 6 nitrogen and oxygen atoms in total. The first-order valence-corrected chi connectivity index (χ1v) is 7.38. The Balaban J connectivity index is 1.71. The van der Waals surface area contributed by atoms with Gasteiger partial charge in [-0.1, -0.05) is 36.0 Å². The van der Waals surface area contributed by atoms with Gasteiger partial charge in [0, 0.05) is 17.7 Å². The molecule has 110 valence electrons. The van der Waals surface area contributed by atoms with Gasteiger partial charge in [0.15, 0.2) is 11.4 Å². The van der Waals surface area contributed by atoms with Gasteiger partial charge in [-0.15, -0.1) is 0 Å². The predicted octanol–water partition coefficient (Wildman–Crippen LogP) is 3.71. The molecule has 0 atom stereocenters. The van der Waals surface area contributed by atoms with Crippen molar-refractivity contribution < 1.29 is 14.1 Å². The van der Waals surface area contributed by atoms with Crippen molar-refractivity contribution >= 4 is 34.3 Å². The molecule has 0 amide bonds. The predicted molar refractivity (Wildman–Crippen MR) is 82.2 cm³/mol. The monoisotopic (exact) mass is 314 g/mol. The number of fused-ring (bicyclic) bond motifs is 1. The number of ketones is 1. The van der Waals surface area contributed by atoms with Crippen LogP contribution in [0.4, 0.5) is 5.69 Å². The molecule has 3 rings (SSSR count). The van der Waals surface area contributed by atoms with Crippen LogP contribution in [0.15, 0.2) is 58.2 Å². The maximum Gasteiger partial charge on any atom is 0.270 e. The number of thioether (sulfide) groups is 1. The summed E-state index contributed by atoms with van der Waals surface area (Å²) in [6.45, 7) is 0.